The van der Waals surface area contributed by atoms with Gasteiger partial charge in [0.1, 0.15) is 12.4 Å². The fourth-order valence-electron chi connectivity index (χ4n) is 1.65. The van der Waals surface area contributed by atoms with Crippen molar-refractivity contribution in [3.63, 3.8) is 0 Å². The van der Waals surface area contributed by atoms with Gasteiger partial charge in [-0.15, -0.1) is 0 Å². The highest BCUT2D eigenvalue weighted by Gasteiger charge is 2.11. The lowest BCUT2D eigenvalue weighted by molar-refractivity contribution is -0.111. The van der Waals surface area contributed by atoms with Crippen molar-refractivity contribution in [3.05, 3.63) is 59.9 Å². The summed E-state index contributed by atoms with van der Waals surface area (Å²) in [4.78, 5) is 15.3. The molecule has 1 N–H and O–H groups in total. The van der Waals surface area contributed by atoms with Gasteiger partial charge in [-0.3, -0.25) is 9.78 Å². The summed E-state index contributed by atoms with van der Waals surface area (Å²) in [7, 11) is 0. The van der Waals surface area contributed by atoms with E-state index in [-0.39, 0.29) is 11.5 Å². The Morgan fingerprint density at radius 2 is 2.00 bits per heavy atom. The lowest BCUT2D eigenvalue weighted by atomic mass is 10.2. The number of carbonyl (C=O) groups is 1. The summed E-state index contributed by atoms with van der Waals surface area (Å²) in [6.45, 7) is 1.76. The number of carbonyl (C=O) groups excluding carboxylic acids is 1. The maximum absolute atomic E-state index is 11.2. The Morgan fingerprint density at radius 3 is 2.55 bits per heavy atom. The Hall–Kier alpha value is -2.69. The summed E-state index contributed by atoms with van der Waals surface area (Å²) in [5.74, 6) is 0.233. The van der Waals surface area contributed by atoms with Crippen LogP contribution >= 0.6 is 0 Å². The molecule has 0 saturated carbocycles. The number of Topliss-reactive ketones (excluding diaryl/α,β-unsaturated/α-hetero) is 1. The second-order valence-corrected chi connectivity index (χ2v) is 4.16. The third kappa shape index (κ3) is 3.41. The molecule has 0 spiro atoms. The predicted octanol–water partition coefficient (Wildman–Crippen LogP) is 2.43. The quantitative estimate of drug-likeness (QED) is 0.514. The van der Waals surface area contributed by atoms with E-state index in [1.165, 1.54) is 13.1 Å². The predicted molar refractivity (Wildman–Crippen MR) is 74.0 cm³/mol. The molecule has 102 valence electrons. The van der Waals surface area contributed by atoms with Crippen molar-refractivity contribution in [2.45, 2.75) is 13.5 Å². The normalized spacial score (nSPS) is 11.2. The van der Waals surface area contributed by atoms with Crippen LogP contribution in [-0.2, 0) is 11.4 Å². The highest BCUT2D eigenvalue weighted by molar-refractivity contribution is 6.44. The topological polar surface area (TPSA) is 71.8 Å². The average molecular weight is 270 g/mol. The second kappa shape index (κ2) is 6.47. The van der Waals surface area contributed by atoms with Crippen LogP contribution in [-0.4, -0.2) is 21.7 Å². The van der Waals surface area contributed by atoms with Crippen molar-refractivity contribution in [3.8, 4) is 5.75 Å². The molecule has 0 unspecified atom stereocenters. The van der Waals surface area contributed by atoms with Gasteiger partial charge in [0.25, 0.3) is 0 Å². The molecule has 0 bridgehead atoms. The van der Waals surface area contributed by atoms with E-state index in [9.17, 15) is 4.79 Å². The van der Waals surface area contributed by atoms with Crippen LogP contribution in [0.3, 0.4) is 0 Å². The smallest absolute Gasteiger partial charge is 0.183 e. The van der Waals surface area contributed by atoms with E-state index >= 15 is 0 Å². The Bertz CT molecular complexity index is 607. The third-order valence-electron chi connectivity index (χ3n) is 2.66. The van der Waals surface area contributed by atoms with Crippen molar-refractivity contribution in [2.75, 3.05) is 0 Å². The molecular weight excluding hydrogens is 256 g/mol. The third-order valence-corrected chi connectivity index (χ3v) is 2.66. The van der Waals surface area contributed by atoms with E-state index in [1.807, 2.05) is 30.3 Å². The molecule has 2 aromatic rings. The number of benzene rings is 1. The molecule has 1 aromatic heterocycles. The molecule has 0 atom stereocenters. The van der Waals surface area contributed by atoms with Gasteiger partial charge in [0, 0.05) is 6.92 Å². The van der Waals surface area contributed by atoms with Crippen molar-refractivity contribution >= 4 is 11.5 Å². The number of ether oxygens (including phenoxy) is 1. The minimum atomic E-state index is -0.349. The van der Waals surface area contributed by atoms with Crippen molar-refractivity contribution in [1.29, 1.82) is 0 Å². The van der Waals surface area contributed by atoms with Crippen LogP contribution in [0.2, 0.25) is 0 Å². The molecule has 0 saturated heterocycles. The Labute approximate surface area is 116 Å². The molecule has 0 aliphatic heterocycles. The van der Waals surface area contributed by atoms with Gasteiger partial charge in [-0.05, 0) is 17.7 Å². The number of hydrogen-bond donors (Lipinski definition) is 1. The van der Waals surface area contributed by atoms with Crippen LogP contribution < -0.4 is 4.74 Å². The molecule has 5 nitrogen and oxygen atoms in total. The van der Waals surface area contributed by atoms with Gasteiger partial charge < -0.3 is 9.94 Å². The Kier molecular flexibility index (Phi) is 4.44. The molecule has 2 rings (SSSR count). The average Bonchev–Trinajstić information content (AvgIpc) is 2.48. The highest BCUT2D eigenvalue weighted by atomic mass is 16.5. The molecule has 0 aliphatic rings. The van der Waals surface area contributed by atoms with E-state index in [0.29, 0.717) is 18.1 Å². The molecule has 0 aliphatic carbocycles. The number of ketones is 1. The molecule has 20 heavy (non-hydrogen) atoms. The maximum atomic E-state index is 11.2. The standard InChI is InChI=1S/C15H14N2O3/c1-11(18)15(17-19)14-8-7-13(9-16-14)20-10-12-5-3-2-4-6-12/h2-9,19H,10H2,1H3/b17-15+. The van der Waals surface area contributed by atoms with E-state index in [4.69, 9.17) is 9.94 Å². The molecule has 5 heteroatoms. The summed E-state index contributed by atoms with van der Waals surface area (Å²) in [6, 6.07) is 13.0. The summed E-state index contributed by atoms with van der Waals surface area (Å²) >= 11 is 0. The van der Waals surface area contributed by atoms with Gasteiger partial charge in [0.05, 0.1) is 11.9 Å². The summed E-state index contributed by atoms with van der Waals surface area (Å²) in [5.41, 5.74) is 1.30. The van der Waals surface area contributed by atoms with Gasteiger partial charge in [-0.25, -0.2) is 0 Å². The fourth-order valence-corrected chi connectivity index (χ4v) is 1.65. The lowest BCUT2D eigenvalue weighted by Crippen LogP contribution is -2.13. The first-order valence-corrected chi connectivity index (χ1v) is 6.07. The molecule has 0 radical (unpaired) electrons. The van der Waals surface area contributed by atoms with Crippen LogP contribution in [0, 0.1) is 0 Å². The van der Waals surface area contributed by atoms with Crippen LogP contribution in [0.1, 0.15) is 18.2 Å². The summed E-state index contributed by atoms with van der Waals surface area (Å²) in [5, 5.41) is 11.7. The van der Waals surface area contributed by atoms with Gasteiger partial charge >= 0.3 is 0 Å². The summed E-state index contributed by atoms with van der Waals surface area (Å²) < 4.78 is 5.57. The Morgan fingerprint density at radius 1 is 1.25 bits per heavy atom. The van der Waals surface area contributed by atoms with Crippen molar-refractivity contribution in [2.24, 2.45) is 5.16 Å². The SMILES string of the molecule is CC(=O)/C(=N\O)c1ccc(OCc2ccccc2)cn1. The van der Waals surface area contributed by atoms with Crippen LogP contribution in [0.4, 0.5) is 0 Å². The number of rotatable bonds is 5. The fraction of sp³-hybridized carbons (Fsp3) is 0.133. The van der Waals surface area contributed by atoms with Gasteiger partial charge in [-0.2, -0.15) is 0 Å². The van der Waals surface area contributed by atoms with E-state index in [2.05, 4.69) is 10.1 Å². The number of aromatic nitrogens is 1. The van der Waals surface area contributed by atoms with Crippen LogP contribution in [0.15, 0.2) is 53.8 Å². The number of hydrogen-bond acceptors (Lipinski definition) is 5. The first kappa shape index (κ1) is 13.7. The number of nitrogens with zero attached hydrogens (tertiary/aromatic N) is 2. The first-order valence-electron chi connectivity index (χ1n) is 6.07. The van der Waals surface area contributed by atoms with Gasteiger partial charge in [0.15, 0.2) is 11.5 Å². The maximum Gasteiger partial charge on any atom is 0.183 e. The minimum Gasteiger partial charge on any atom is -0.487 e. The first-order chi connectivity index (χ1) is 9.70. The van der Waals surface area contributed by atoms with Crippen LogP contribution in [0.25, 0.3) is 0 Å². The lowest BCUT2D eigenvalue weighted by Gasteiger charge is -2.06. The minimum absolute atomic E-state index is 0.0698. The molecule has 1 aromatic carbocycles. The van der Waals surface area contributed by atoms with Gasteiger partial charge in [0.2, 0.25) is 0 Å². The molecule has 0 fully saturated rings. The largest absolute Gasteiger partial charge is 0.487 e. The van der Waals surface area contributed by atoms with E-state index < -0.39 is 0 Å². The number of pyridine rings is 1. The zero-order chi connectivity index (χ0) is 14.4. The van der Waals surface area contributed by atoms with E-state index in [1.54, 1.807) is 12.1 Å². The highest BCUT2D eigenvalue weighted by Crippen LogP contribution is 2.12. The number of oxime groups is 1. The zero-order valence-electron chi connectivity index (χ0n) is 11.0. The Balaban J connectivity index is 2.04. The van der Waals surface area contributed by atoms with Crippen LogP contribution in [0.5, 0.6) is 5.75 Å². The monoisotopic (exact) mass is 270 g/mol. The van der Waals surface area contributed by atoms with Crippen molar-refractivity contribution in [1.82, 2.24) is 4.98 Å². The molecule has 1 heterocycles. The zero-order valence-corrected chi connectivity index (χ0v) is 11.0. The molecule has 0 amide bonds. The molecular formula is C15H14N2O3. The summed E-state index contributed by atoms with van der Waals surface area (Å²) in [6.07, 6.45) is 1.49. The van der Waals surface area contributed by atoms with E-state index in [0.717, 1.165) is 5.56 Å². The van der Waals surface area contributed by atoms with Gasteiger partial charge in [-0.1, -0.05) is 35.5 Å². The second-order valence-electron chi connectivity index (χ2n) is 4.16. The van der Waals surface area contributed by atoms with Crippen molar-refractivity contribution < 1.29 is 14.7 Å².